The lowest BCUT2D eigenvalue weighted by atomic mass is 10.3. The van der Waals surface area contributed by atoms with Gasteiger partial charge in [0.1, 0.15) is 11.7 Å². The number of hydrogen-bond acceptors (Lipinski definition) is 2. The number of hydrogen-bond donors (Lipinski definition) is 0. The molecule has 11 heavy (non-hydrogen) atoms. The zero-order valence-corrected chi connectivity index (χ0v) is 7.57. The number of benzene rings is 1. The van der Waals surface area contributed by atoms with Gasteiger partial charge in [0.15, 0.2) is 0 Å². The Kier molecular flexibility index (Phi) is 4.24. The first-order valence-corrected chi connectivity index (χ1v) is 4.94. The highest BCUT2D eigenvalue weighted by atomic mass is 35.5. The maximum atomic E-state index is 5.45. The van der Waals surface area contributed by atoms with Crippen LogP contribution in [0.15, 0.2) is 30.3 Å². The van der Waals surface area contributed by atoms with Gasteiger partial charge in [-0.3, -0.25) is 0 Å². The summed E-state index contributed by atoms with van der Waals surface area (Å²) in [4.78, 5) is 0. The second-order valence-electron chi connectivity index (χ2n) is 1.89. The molecule has 1 aromatic rings. The standard InChI is InChI=1S/C8H9ClOS/c9-6-11-7-10-8-4-2-1-3-5-8/h1-5H,6-7H2. The maximum Gasteiger partial charge on any atom is 0.135 e. The molecule has 0 heterocycles. The molecule has 1 aromatic carbocycles. The van der Waals surface area contributed by atoms with E-state index in [1.54, 1.807) is 11.8 Å². The van der Waals surface area contributed by atoms with Gasteiger partial charge in [0.25, 0.3) is 0 Å². The Morgan fingerprint density at radius 3 is 2.64 bits per heavy atom. The summed E-state index contributed by atoms with van der Waals surface area (Å²) in [6, 6.07) is 9.70. The number of halogens is 1. The smallest absolute Gasteiger partial charge is 0.135 e. The summed E-state index contributed by atoms with van der Waals surface area (Å²) in [5.74, 6) is 1.51. The van der Waals surface area contributed by atoms with Crippen LogP contribution in [0.5, 0.6) is 5.75 Å². The third-order valence-electron chi connectivity index (χ3n) is 1.13. The lowest BCUT2D eigenvalue weighted by Crippen LogP contribution is -1.91. The third kappa shape index (κ3) is 3.54. The largest absolute Gasteiger partial charge is 0.483 e. The van der Waals surface area contributed by atoms with Crippen molar-refractivity contribution in [2.24, 2.45) is 0 Å². The molecule has 0 aliphatic rings. The van der Waals surface area contributed by atoms with E-state index in [0.29, 0.717) is 11.2 Å². The van der Waals surface area contributed by atoms with Crippen LogP contribution in [0, 0.1) is 0 Å². The van der Waals surface area contributed by atoms with Crippen LogP contribution in [0.2, 0.25) is 0 Å². The summed E-state index contributed by atoms with van der Waals surface area (Å²) < 4.78 is 5.32. The van der Waals surface area contributed by atoms with E-state index in [4.69, 9.17) is 16.3 Å². The molecule has 0 N–H and O–H groups in total. The predicted octanol–water partition coefficient (Wildman–Crippen LogP) is 2.95. The molecule has 0 saturated carbocycles. The molecule has 60 valence electrons. The number of alkyl halides is 1. The highest BCUT2D eigenvalue weighted by Gasteiger charge is 1.89. The molecular weight excluding hydrogens is 180 g/mol. The molecule has 1 rings (SSSR count). The van der Waals surface area contributed by atoms with Crippen LogP contribution in [-0.2, 0) is 0 Å². The van der Waals surface area contributed by atoms with Gasteiger partial charge in [-0.2, -0.15) is 0 Å². The van der Waals surface area contributed by atoms with Crippen LogP contribution in [0.4, 0.5) is 0 Å². The molecule has 0 radical (unpaired) electrons. The molecule has 1 nitrogen and oxygen atoms in total. The van der Waals surface area contributed by atoms with Gasteiger partial charge in [-0.15, -0.1) is 23.4 Å². The van der Waals surface area contributed by atoms with Crippen molar-refractivity contribution >= 4 is 23.4 Å². The van der Waals surface area contributed by atoms with E-state index in [-0.39, 0.29) is 0 Å². The molecule has 0 atom stereocenters. The quantitative estimate of drug-likeness (QED) is 0.408. The molecule has 0 amide bonds. The van der Waals surface area contributed by atoms with Crippen molar-refractivity contribution in [2.45, 2.75) is 0 Å². The lowest BCUT2D eigenvalue weighted by molar-refractivity contribution is 0.393. The Labute approximate surface area is 75.7 Å². The van der Waals surface area contributed by atoms with Crippen molar-refractivity contribution in [2.75, 3.05) is 11.2 Å². The van der Waals surface area contributed by atoms with Crippen LogP contribution in [-0.4, -0.2) is 11.2 Å². The first-order chi connectivity index (χ1) is 5.43. The Morgan fingerprint density at radius 2 is 2.00 bits per heavy atom. The molecular formula is C8H9ClOS. The number of thioether (sulfide) groups is 1. The molecule has 0 unspecified atom stereocenters. The van der Waals surface area contributed by atoms with Gasteiger partial charge in [-0.1, -0.05) is 18.2 Å². The fourth-order valence-corrected chi connectivity index (χ4v) is 1.13. The Bertz CT molecular complexity index is 191. The molecule has 0 spiro atoms. The van der Waals surface area contributed by atoms with Crippen LogP contribution >= 0.6 is 23.4 Å². The summed E-state index contributed by atoms with van der Waals surface area (Å²) in [5.41, 5.74) is 0. The van der Waals surface area contributed by atoms with Crippen LogP contribution < -0.4 is 4.74 Å². The van der Waals surface area contributed by atoms with Crippen molar-refractivity contribution in [3.8, 4) is 5.75 Å². The molecule has 0 aromatic heterocycles. The van der Waals surface area contributed by atoms with Gasteiger partial charge in [-0.05, 0) is 12.1 Å². The first-order valence-electron chi connectivity index (χ1n) is 3.25. The third-order valence-corrected chi connectivity index (χ3v) is 2.03. The molecule has 0 bridgehead atoms. The van der Waals surface area contributed by atoms with Gasteiger partial charge >= 0.3 is 0 Å². The number of ether oxygens (including phenoxy) is 1. The van der Waals surface area contributed by atoms with E-state index in [1.807, 2.05) is 30.3 Å². The van der Waals surface area contributed by atoms with Gasteiger partial charge in [-0.25, -0.2) is 0 Å². The molecule has 0 fully saturated rings. The van der Waals surface area contributed by atoms with Crippen molar-refractivity contribution < 1.29 is 4.74 Å². The van der Waals surface area contributed by atoms with Crippen LogP contribution in [0.1, 0.15) is 0 Å². The molecule has 3 heteroatoms. The van der Waals surface area contributed by atoms with Crippen LogP contribution in [0.25, 0.3) is 0 Å². The van der Waals surface area contributed by atoms with Gasteiger partial charge < -0.3 is 4.74 Å². The molecule has 0 aliphatic carbocycles. The first kappa shape index (κ1) is 8.75. The molecule has 0 saturated heterocycles. The normalized spacial score (nSPS) is 9.55. The minimum absolute atomic E-state index is 0.576. The van der Waals surface area contributed by atoms with Crippen molar-refractivity contribution in [1.29, 1.82) is 0 Å². The highest BCUT2D eigenvalue weighted by molar-refractivity contribution is 8.00. The zero-order chi connectivity index (χ0) is 7.94. The summed E-state index contributed by atoms with van der Waals surface area (Å²) >= 11 is 7.00. The summed E-state index contributed by atoms with van der Waals surface area (Å²) in [5, 5.41) is 0.576. The van der Waals surface area contributed by atoms with E-state index in [1.165, 1.54) is 0 Å². The monoisotopic (exact) mass is 188 g/mol. The van der Waals surface area contributed by atoms with Gasteiger partial charge in [0.2, 0.25) is 0 Å². The number of rotatable bonds is 4. The highest BCUT2D eigenvalue weighted by Crippen LogP contribution is 2.11. The Hall–Kier alpha value is -0.340. The van der Waals surface area contributed by atoms with Crippen molar-refractivity contribution in [1.82, 2.24) is 0 Å². The minimum atomic E-state index is 0.576. The zero-order valence-electron chi connectivity index (χ0n) is 6.00. The average Bonchev–Trinajstić information content (AvgIpc) is 2.07. The van der Waals surface area contributed by atoms with E-state index in [0.717, 1.165) is 5.75 Å². The Morgan fingerprint density at radius 1 is 1.27 bits per heavy atom. The Balaban J connectivity index is 2.28. The van der Waals surface area contributed by atoms with Gasteiger partial charge in [0, 0.05) is 0 Å². The summed E-state index contributed by atoms with van der Waals surface area (Å²) in [7, 11) is 0. The molecule has 0 aliphatic heterocycles. The minimum Gasteiger partial charge on any atom is -0.483 e. The number of para-hydroxylation sites is 1. The van der Waals surface area contributed by atoms with Crippen molar-refractivity contribution in [3.05, 3.63) is 30.3 Å². The fraction of sp³-hybridized carbons (Fsp3) is 0.250. The maximum absolute atomic E-state index is 5.45. The van der Waals surface area contributed by atoms with E-state index in [9.17, 15) is 0 Å². The summed E-state index contributed by atoms with van der Waals surface area (Å²) in [6.07, 6.45) is 0. The summed E-state index contributed by atoms with van der Waals surface area (Å²) in [6.45, 7) is 0. The van der Waals surface area contributed by atoms with Crippen molar-refractivity contribution in [3.63, 3.8) is 0 Å². The second kappa shape index (κ2) is 5.33. The average molecular weight is 189 g/mol. The van der Waals surface area contributed by atoms with Crippen LogP contribution in [0.3, 0.4) is 0 Å². The van der Waals surface area contributed by atoms with E-state index >= 15 is 0 Å². The second-order valence-corrected chi connectivity index (χ2v) is 3.41. The van der Waals surface area contributed by atoms with E-state index < -0.39 is 0 Å². The van der Waals surface area contributed by atoms with E-state index in [2.05, 4.69) is 0 Å². The SMILES string of the molecule is ClCSCOc1ccccc1. The fourth-order valence-electron chi connectivity index (χ4n) is 0.658. The lowest BCUT2D eigenvalue weighted by Gasteiger charge is -2.02. The van der Waals surface area contributed by atoms with Gasteiger partial charge in [0.05, 0.1) is 5.21 Å². The topological polar surface area (TPSA) is 9.23 Å². The predicted molar refractivity (Wildman–Crippen MR) is 50.2 cm³/mol.